The summed E-state index contributed by atoms with van der Waals surface area (Å²) in [5.74, 6) is -0.208. The van der Waals surface area contributed by atoms with Crippen LogP contribution in [0.25, 0.3) is 0 Å². The van der Waals surface area contributed by atoms with Crippen molar-refractivity contribution in [1.82, 2.24) is 10.2 Å². The van der Waals surface area contributed by atoms with Gasteiger partial charge in [-0.2, -0.15) is 5.10 Å². The predicted octanol–water partition coefficient (Wildman–Crippen LogP) is 2.02. The van der Waals surface area contributed by atoms with E-state index in [2.05, 4.69) is 29.4 Å². The van der Waals surface area contributed by atoms with Crippen molar-refractivity contribution in [3.8, 4) is 0 Å². The molecule has 0 aliphatic rings. The van der Waals surface area contributed by atoms with Crippen molar-refractivity contribution >= 4 is 11.8 Å². The third-order valence-electron chi connectivity index (χ3n) is 2.81. The topological polar surface area (TPSA) is 75.1 Å². The number of rotatable bonds is 5. The van der Waals surface area contributed by atoms with Crippen LogP contribution >= 0.6 is 0 Å². The van der Waals surface area contributed by atoms with Crippen LogP contribution in [-0.4, -0.2) is 27.3 Å². The van der Waals surface area contributed by atoms with Gasteiger partial charge < -0.3 is 10.4 Å². The highest BCUT2D eigenvalue weighted by molar-refractivity contribution is 5.92. The molecule has 0 radical (unpaired) electrons. The van der Waals surface area contributed by atoms with E-state index in [0.717, 1.165) is 6.42 Å². The molecule has 2 atom stereocenters. The number of anilines is 1. The minimum atomic E-state index is -0.992. The molecule has 0 saturated heterocycles. The van der Waals surface area contributed by atoms with E-state index in [1.807, 2.05) is 6.92 Å². The molecule has 88 valence electrons. The molecule has 2 N–H and O–H groups in total. The highest BCUT2D eigenvalue weighted by Crippen LogP contribution is 2.16. The number of hydrogen-bond acceptors (Lipinski definition) is 4. The van der Waals surface area contributed by atoms with Gasteiger partial charge in [0.1, 0.15) is 5.56 Å². The second-order valence-electron chi connectivity index (χ2n) is 3.92. The molecule has 0 spiro atoms. The van der Waals surface area contributed by atoms with Gasteiger partial charge in [-0.15, -0.1) is 5.10 Å². The third-order valence-corrected chi connectivity index (χ3v) is 2.81. The van der Waals surface area contributed by atoms with Gasteiger partial charge in [0.05, 0.1) is 6.20 Å². The van der Waals surface area contributed by atoms with Gasteiger partial charge >= 0.3 is 5.97 Å². The van der Waals surface area contributed by atoms with Crippen molar-refractivity contribution < 1.29 is 9.90 Å². The highest BCUT2D eigenvalue weighted by atomic mass is 16.4. The SMILES string of the molecule is CCC(C)C(C)Nc1nnccc1C(=O)O. The molecule has 0 amide bonds. The smallest absolute Gasteiger partial charge is 0.339 e. The Hall–Kier alpha value is -1.65. The molecule has 0 aromatic carbocycles. The molecule has 5 nitrogen and oxygen atoms in total. The summed E-state index contributed by atoms with van der Waals surface area (Å²) in [6.07, 6.45) is 2.40. The van der Waals surface area contributed by atoms with E-state index >= 15 is 0 Å². The lowest BCUT2D eigenvalue weighted by Crippen LogP contribution is -2.25. The third kappa shape index (κ3) is 2.92. The van der Waals surface area contributed by atoms with E-state index in [4.69, 9.17) is 5.11 Å². The predicted molar refractivity (Wildman–Crippen MR) is 61.5 cm³/mol. The van der Waals surface area contributed by atoms with Gasteiger partial charge in [0.25, 0.3) is 0 Å². The van der Waals surface area contributed by atoms with Gasteiger partial charge in [-0.1, -0.05) is 20.3 Å². The minimum Gasteiger partial charge on any atom is -0.478 e. The quantitative estimate of drug-likeness (QED) is 0.798. The van der Waals surface area contributed by atoms with Crippen molar-refractivity contribution in [2.24, 2.45) is 5.92 Å². The molecule has 0 aliphatic heterocycles. The molecular weight excluding hydrogens is 206 g/mol. The van der Waals surface area contributed by atoms with Gasteiger partial charge in [-0.25, -0.2) is 4.79 Å². The first-order valence-corrected chi connectivity index (χ1v) is 5.37. The number of aromatic carboxylic acids is 1. The Balaban J connectivity index is 2.84. The maximum atomic E-state index is 10.9. The van der Waals surface area contributed by atoms with Crippen LogP contribution < -0.4 is 5.32 Å². The van der Waals surface area contributed by atoms with Crippen LogP contribution in [0.3, 0.4) is 0 Å². The number of carbonyl (C=O) groups is 1. The molecule has 1 heterocycles. The lowest BCUT2D eigenvalue weighted by atomic mass is 10.0. The van der Waals surface area contributed by atoms with Crippen LogP contribution in [0.5, 0.6) is 0 Å². The second-order valence-corrected chi connectivity index (χ2v) is 3.92. The number of hydrogen-bond donors (Lipinski definition) is 2. The molecule has 1 rings (SSSR count). The van der Waals surface area contributed by atoms with E-state index in [-0.39, 0.29) is 11.6 Å². The standard InChI is InChI=1S/C11H17N3O2/c1-4-7(2)8(3)13-10-9(11(15)16)5-6-12-14-10/h5-8H,4H2,1-3H3,(H,13,14)(H,15,16). The molecule has 5 heteroatoms. The van der Waals surface area contributed by atoms with Crippen LogP contribution in [0.4, 0.5) is 5.82 Å². The molecule has 0 saturated carbocycles. The van der Waals surface area contributed by atoms with Crippen LogP contribution in [0.15, 0.2) is 12.3 Å². The minimum absolute atomic E-state index is 0.158. The fourth-order valence-corrected chi connectivity index (χ4v) is 1.32. The molecule has 0 fully saturated rings. The van der Waals surface area contributed by atoms with Gasteiger partial charge in [-0.3, -0.25) is 0 Å². The van der Waals surface area contributed by atoms with Gasteiger partial charge in [-0.05, 0) is 18.9 Å². The Labute approximate surface area is 94.9 Å². The largest absolute Gasteiger partial charge is 0.478 e. The molecule has 2 unspecified atom stereocenters. The zero-order chi connectivity index (χ0) is 12.1. The number of nitrogens with zero attached hydrogens (tertiary/aromatic N) is 2. The van der Waals surface area contributed by atoms with Crippen LogP contribution in [0.1, 0.15) is 37.6 Å². The fraction of sp³-hybridized carbons (Fsp3) is 0.545. The lowest BCUT2D eigenvalue weighted by molar-refractivity contribution is 0.0697. The monoisotopic (exact) mass is 223 g/mol. The van der Waals surface area contributed by atoms with Crippen molar-refractivity contribution in [3.63, 3.8) is 0 Å². The van der Waals surface area contributed by atoms with E-state index in [9.17, 15) is 4.79 Å². The summed E-state index contributed by atoms with van der Waals surface area (Å²) >= 11 is 0. The number of carboxylic acid groups (broad SMARTS) is 1. The summed E-state index contributed by atoms with van der Waals surface area (Å²) in [6.45, 7) is 6.21. The summed E-state index contributed by atoms with van der Waals surface area (Å²) in [5, 5.41) is 19.6. The lowest BCUT2D eigenvalue weighted by Gasteiger charge is -2.20. The molecule has 0 bridgehead atoms. The summed E-state index contributed by atoms with van der Waals surface area (Å²) in [4.78, 5) is 10.9. The van der Waals surface area contributed by atoms with Crippen LogP contribution in [0.2, 0.25) is 0 Å². The molecule has 1 aromatic heterocycles. The highest BCUT2D eigenvalue weighted by Gasteiger charge is 2.16. The molecular formula is C11H17N3O2. The first kappa shape index (κ1) is 12.4. The van der Waals surface area contributed by atoms with Crippen molar-refractivity contribution in [2.75, 3.05) is 5.32 Å². The van der Waals surface area contributed by atoms with Crippen LogP contribution in [0, 0.1) is 5.92 Å². The van der Waals surface area contributed by atoms with Crippen LogP contribution in [-0.2, 0) is 0 Å². The first-order valence-electron chi connectivity index (χ1n) is 5.37. The number of nitrogens with one attached hydrogen (secondary N) is 1. The zero-order valence-electron chi connectivity index (χ0n) is 9.77. The van der Waals surface area contributed by atoms with E-state index < -0.39 is 5.97 Å². The molecule has 0 aliphatic carbocycles. The Kier molecular flexibility index (Phi) is 4.22. The Morgan fingerprint density at radius 3 is 2.81 bits per heavy atom. The fourth-order valence-electron chi connectivity index (χ4n) is 1.32. The Morgan fingerprint density at radius 1 is 1.56 bits per heavy atom. The summed E-state index contributed by atoms with van der Waals surface area (Å²) in [7, 11) is 0. The van der Waals surface area contributed by atoms with Gasteiger partial charge in [0.2, 0.25) is 0 Å². The van der Waals surface area contributed by atoms with Crippen molar-refractivity contribution in [1.29, 1.82) is 0 Å². The number of aromatic nitrogens is 2. The van der Waals surface area contributed by atoms with Gasteiger partial charge in [0.15, 0.2) is 5.82 Å². The van der Waals surface area contributed by atoms with Gasteiger partial charge in [0, 0.05) is 6.04 Å². The summed E-state index contributed by atoms with van der Waals surface area (Å²) in [5.41, 5.74) is 0.158. The maximum absolute atomic E-state index is 10.9. The molecule has 1 aromatic rings. The maximum Gasteiger partial charge on any atom is 0.339 e. The average molecular weight is 223 g/mol. The van der Waals surface area contributed by atoms with Crippen molar-refractivity contribution in [3.05, 3.63) is 17.8 Å². The summed E-state index contributed by atoms with van der Waals surface area (Å²) in [6, 6.07) is 1.61. The van der Waals surface area contributed by atoms with E-state index in [1.54, 1.807) is 0 Å². The first-order chi connectivity index (χ1) is 7.56. The normalized spacial score (nSPS) is 14.2. The zero-order valence-corrected chi connectivity index (χ0v) is 9.77. The van der Waals surface area contributed by atoms with E-state index in [0.29, 0.717) is 11.7 Å². The Morgan fingerprint density at radius 2 is 2.25 bits per heavy atom. The number of carboxylic acids is 1. The average Bonchev–Trinajstić information content (AvgIpc) is 2.28. The Bertz CT molecular complexity index is 368. The second kappa shape index (κ2) is 5.44. The molecule has 16 heavy (non-hydrogen) atoms. The van der Waals surface area contributed by atoms with Crippen molar-refractivity contribution in [2.45, 2.75) is 33.2 Å². The van der Waals surface area contributed by atoms with E-state index in [1.165, 1.54) is 12.3 Å². The summed E-state index contributed by atoms with van der Waals surface area (Å²) < 4.78 is 0.